The number of rotatable bonds is 8. The van der Waals surface area contributed by atoms with E-state index in [2.05, 4.69) is 21.1 Å². The van der Waals surface area contributed by atoms with Crippen LogP contribution in [0.4, 0.5) is 11.4 Å². The molecule has 0 aromatic heterocycles. The first-order valence-corrected chi connectivity index (χ1v) is 9.61. The van der Waals surface area contributed by atoms with Crippen molar-refractivity contribution in [1.29, 1.82) is 0 Å². The molecular formula is C22H16N6O6. The first-order chi connectivity index (χ1) is 16.3. The fourth-order valence-corrected chi connectivity index (χ4v) is 2.64. The molecule has 0 aliphatic carbocycles. The number of benzene rings is 3. The number of hydrogen-bond donors (Lipinski definition) is 2. The minimum absolute atomic E-state index is 0.151. The third-order valence-corrected chi connectivity index (χ3v) is 4.38. The maximum atomic E-state index is 12.4. The summed E-state index contributed by atoms with van der Waals surface area (Å²) in [6.07, 6.45) is 1.22. The summed E-state index contributed by atoms with van der Waals surface area (Å²) >= 11 is 0. The standard InChI is InChI=1S/C22H16N6O6/c29-21(16-6-10-18(11-7-16)27(31)32)25-23-14-20(15-4-2-1-3-5-15)24-26-22(30)17-8-12-19(13-9-17)28(33)34/h1-14H,(H,25,29)(H,26,30). The van der Waals surface area contributed by atoms with Gasteiger partial charge in [-0.3, -0.25) is 29.8 Å². The van der Waals surface area contributed by atoms with Crippen molar-refractivity contribution in [2.24, 2.45) is 10.2 Å². The molecule has 0 aliphatic heterocycles. The van der Waals surface area contributed by atoms with Crippen molar-refractivity contribution in [3.8, 4) is 0 Å². The van der Waals surface area contributed by atoms with Crippen molar-refractivity contribution in [1.82, 2.24) is 10.9 Å². The summed E-state index contributed by atoms with van der Waals surface area (Å²) in [5.74, 6) is -1.21. The summed E-state index contributed by atoms with van der Waals surface area (Å²) < 4.78 is 0. The van der Waals surface area contributed by atoms with Gasteiger partial charge in [-0.1, -0.05) is 30.3 Å². The van der Waals surface area contributed by atoms with Crippen molar-refractivity contribution in [2.45, 2.75) is 0 Å². The normalized spacial score (nSPS) is 11.1. The predicted molar refractivity (Wildman–Crippen MR) is 123 cm³/mol. The van der Waals surface area contributed by atoms with Gasteiger partial charge in [-0.25, -0.2) is 10.9 Å². The molecular weight excluding hydrogens is 444 g/mol. The van der Waals surface area contributed by atoms with Gasteiger partial charge in [0.2, 0.25) is 0 Å². The van der Waals surface area contributed by atoms with E-state index in [0.29, 0.717) is 5.56 Å². The molecule has 0 atom stereocenters. The Morgan fingerprint density at radius 3 is 1.62 bits per heavy atom. The zero-order valence-electron chi connectivity index (χ0n) is 17.3. The Labute approximate surface area is 191 Å². The summed E-state index contributed by atoms with van der Waals surface area (Å²) in [6.45, 7) is 0. The molecule has 0 heterocycles. The van der Waals surface area contributed by atoms with E-state index in [4.69, 9.17) is 0 Å². The van der Waals surface area contributed by atoms with Gasteiger partial charge in [0.1, 0.15) is 5.71 Å². The van der Waals surface area contributed by atoms with Crippen LogP contribution in [0.1, 0.15) is 26.3 Å². The molecule has 0 fully saturated rings. The molecule has 12 heteroatoms. The van der Waals surface area contributed by atoms with Gasteiger partial charge in [-0.15, -0.1) is 0 Å². The molecule has 2 amide bonds. The molecule has 34 heavy (non-hydrogen) atoms. The molecule has 0 saturated heterocycles. The van der Waals surface area contributed by atoms with Crippen LogP contribution in [-0.2, 0) is 0 Å². The second kappa shape index (κ2) is 10.9. The summed E-state index contributed by atoms with van der Waals surface area (Å²) in [5, 5.41) is 29.3. The van der Waals surface area contributed by atoms with Crippen molar-refractivity contribution in [3.05, 3.63) is 116 Å². The van der Waals surface area contributed by atoms with Crippen LogP contribution >= 0.6 is 0 Å². The summed E-state index contributed by atoms with van der Waals surface area (Å²) in [6, 6.07) is 18.7. The van der Waals surface area contributed by atoms with E-state index in [1.807, 2.05) is 0 Å². The summed E-state index contributed by atoms with van der Waals surface area (Å²) in [7, 11) is 0. The molecule has 170 valence electrons. The predicted octanol–water partition coefficient (Wildman–Crippen LogP) is 3.05. The average molecular weight is 460 g/mol. The molecule has 0 bridgehead atoms. The van der Waals surface area contributed by atoms with Crippen molar-refractivity contribution >= 4 is 35.1 Å². The lowest BCUT2D eigenvalue weighted by molar-refractivity contribution is -0.385. The minimum Gasteiger partial charge on any atom is -0.267 e. The van der Waals surface area contributed by atoms with Crippen LogP contribution < -0.4 is 10.9 Å². The van der Waals surface area contributed by atoms with E-state index >= 15 is 0 Å². The third kappa shape index (κ3) is 6.13. The number of nitrogens with zero attached hydrogens (tertiary/aromatic N) is 4. The zero-order valence-corrected chi connectivity index (χ0v) is 17.3. The number of nitro groups is 2. The van der Waals surface area contributed by atoms with Crippen molar-refractivity contribution in [3.63, 3.8) is 0 Å². The zero-order chi connectivity index (χ0) is 24.5. The Hall–Kier alpha value is -5.26. The number of amides is 2. The molecule has 12 nitrogen and oxygen atoms in total. The molecule has 2 N–H and O–H groups in total. The number of non-ortho nitro benzene ring substituents is 2. The van der Waals surface area contributed by atoms with Crippen LogP contribution in [0.3, 0.4) is 0 Å². The Bertz CT molecular complexity index is 1270. The number of nitro benzene ring substituents is 2. The second-order valence-electron chi connectivity index (χ2n) is 6.61. The van der Waals surface area contributed by atoms with Gasteiger partial charge >= 0.3 is 0 Å². The molecule has 3 aromatic rings. The Morgan fingerprint density at radius 1 is 0.676 bits per heavy atom. The molecule has 0 aliphatic rings. The SMILES string of the molecule is O=C(NN=CC(=NNC(=O)c1ccc([N+](=O)[O-])cc1)c1ccccc1)c1ccc([N+](=O)[O-])cc1. The van der Waals surface area contributed by atoms with Crippen LogP contribution in [0.25, 0.3) is 0 Å². The Balaban J connectivity index is 1.73. The lowest BCUT2D eigenvalue weighted by atomic mass is 10.1. The van der Waals surface area contributed by atoms with Gasteiger partial charge in [0.05, 0.1) is 16.1 Å². The lowest BCUT2D eigenvalue weighted by Gasteiger charge is -2.04. The van der Waals surface area contributed by atoms with E-state index in [9.17, 15) is 29.8 Å². The van der Waals surface area contributed by atoms with E-state index in [-0.39, 0.29) is 28.2 Å². The number of hydrazone groups is 2. The topological polar surface area (TPSA) is 169 Å². The third-order valence-electron chi connectivity index (χ3n) is 4.38. The number of carbonyl (C=O) groups is 2. The van der Waals surface area contributed by atoms with E-state index in [1.54, 1.807) is 30.3 Å². The van der Waals surface area contributed by atoms with Crippen molar-refractivity contribution < 1.29 is 19.4 Å². The Morgan fingerprint density at radius 2 is 1.15 bits per heavy atom. The van der Waals surface area contributed by atoms with Gasteiger partial charge in [0.15, 0.2) is 0 Å². The maximum Gasteiger partial charge on any atom is 0.271 e. The summed E-state index contributed by atoms with van der Waals surface area (Å²) in [5.41, 5.74) is 5.44. The highest BCUT2D eigenvalue weighted by molar-refractivity contribution is 6.38. The van der Waals surface area contributed by atoms with E-state index < -0.39 is 21.7 Å². The highest BCUT2D eigenvalue weighted by atomic mass is 16.6. The van der Waals surface area contributed by atoms with E-state index in [1.165, 1.54) is 54.7 Å². The molecule has 3 aromatic carbocycles. The smallest absolute Gasteiger partial charge is 0.267 e. The quantitative estimate of drug-likeness (QED) is 0.297. The lowest BCUT2D eigenvalue weighted by Crippen LogP contribution is -2.22. The fourth-order valence-electron chi connectivity index (χ4n) is 2.64. The molecule has 0 radical (unpaired) electrons. The monoisotopic (exact) mass is 460 g/mol. The van der Waals surface area contributed by atoms with Gasteiger partial charge in [0, 0.05) is 41.0 Å². The highest BCUT2D eigenvalue weighted by Gasteiger charge is 2.11. The second-order valence-corrected chi connectivity index (χ2v) is 6.61. The average Bonchev–Trinajstić information content (AvgIpc) is 2.86. The maximum absolute atomic E-state index is 12.4. The fraction of sp³-hybridized carbons (Fsp3) is 0. The van der Waals surface area contributed by atoms with Gasteiger partial charge in [-0.2, -0.15) is 10.2 Å². The van der Waals surface area contributed by atoms with Crippen molar-refractivity contribution in [2.75, 3.05) is 0 Å². The van der Waals surface area contributed by atoms with E-state index in [0.717, 1.165) is 0 Å². The first-order valence-electron chi connectivity index (χ1n) is 9.61. The van der Waals surface area contributed by atoms with Gasteiger partial charge < -0.3 is 0 Å². The largest absolute Gasteiger partial charge is 0.271 e. The minimum atomic E-state index is -0.605. The molecule has 3 rings (SSSR count). The molecule has 0 unspecified atom stereocenters. The summed E-state index contributed by atoms with van der Waals surface area (Å²) in [4.78, 5) is 44.9. The molecule has 0 spiro atoms. The van der Waals surface area contributed by atoms with Gasteiger partial charge in [0.25, 0.3) is 23.2 Å². The number of nitrogens with one attached hydrogen (secondary N) is 2. The number of hydrogen-bond acceptors (Lipinski definition) is 8. The van der Waals surface area contributed by atoms with Crippen LogP contribution in [-0.4, -0.2) is 33.6 Å². The van der Waals surface area contributed by atoms with Crippen LogP contribution in [0.15, 0.2) is 89.1 Å². The van der Waals surface area contributed by atoms with Crippen LogP contribution in [0, 0.1) is 20.2 Å². The van der Waals surface area contributed by atoms with Crippen LogP contribution in [0.2, 0.25) is 0 Å². The highest BCUT2D eigenvalue weighted by Crippen LogP contribution is 2.13. The number of carbonyl (C=O) groups excluding carboxylic acids is 2. The Kier molecular flexibility index (Phi) is 7.47. The van der Waals surface area contributed by atoms with Crippen LogP contribution in [0.5, 0.6) is 0 Å². The van der Waals surface area contributed by atoms with Gasteiger partial charge in [-0.05, 0) is 24.3 Å². The first kappa shape index (κ1) is 23.4. The molecule has 0 saturated carbocycles.